The Balaban J connectivity index is 2.15. The predicted molar refractivity (Wildman–Crippen MR) is 84.1 cm³/mol. The minimum absolute atomic E-state index is 0.835. The molecule has 106 valence electrons. The summed E-state index contributed by atoms with van der Waals surface area (Å²) < 4.78 is 0. The molecule has 1 aliphatic rings. The van der Waals surface area contributed by atoms with Gasteiger partial charge < -0.3 is 10.2 Å². The van der Waals surface area contributed by atoms with Crippen molar-refractivity contribution in [1.29, 1.82) is 0 Å². The van der Waals surface area contributed by atoms with Crippen molar-refractivity contribution in [2.24, 2.45) is 5.92 Å². The fourth-order valence-corrected chi connectivity index (χ4v) is 2.79. The zero-order chi connectivity index (χ0) is 13.7. The SMILES string of the molecule is CCNCc1ccc(Cl)cc1N(CC)CC1CCC1. The summed E-state index contributed by atoms with van der Waals surface area (Å²) >= 11 is 6.19. The van der Waals surface area contributed by atoms with Gasteiger partial charge in [-0.2, -0.15) is 0 Å². The monoisotopic (exact) mass is 280 g/mol. The van der Waals surface area contributed by atoms with E-state index in [1.54, 1.807) is 0 Å². The van der Waals surface area contributed by atoms with Gasteiger partial charge in [0.15, 0.2) is 0 Å². The topological polar surface area (TPSA) is 15.3 Å². The average Bonchev–Trinajstić information content (AvgIpc) is 2.36. The third kappa shape index (κ3) is 3.87. The van der Waals surface area contributed by atoms with Crippen molar-refractivity contribution in [2.45, 2.75) is 39.7 Å². The second-order valence-corrected chi connectivity index (χ2v) is 5.83. The molecule has 3 heteroatoms. The molecule has 1 N–H and O–H groups in total. The molecule has 19 heavy (non-hydrogen) atoms. The lowest BCUT2D eigenvalue weighted by Crippen LogP contribution is -2.33. The first kappa shape index (κ1) is 14.7. The van der Waals surface area contributed by atoms with E-state index in [-0.39, 0.29) is 0 Å². The van der Waals surface area contributed by atoms with Gasteiger partial charge in [-0.15, -0.1) is 0 Å². The molecule has 2 rings (SSSR count). The molecule has 1 saturated carbocycles. The summed E-state index contributed by atoms with van der Waals surface area (Å²) in [6, 6.07) is 6.27. The van der Waals surface area contributed by atoms with Gasteiger partial charge in [0.05, 0.1) is 0 Å². The van der Waals surface area contributed by atoms with Crippen molar-refractivity contribution in [2.75, 3.05) is 24.5 Å². The molecule has 0 aromatic heterocycles. The molecule has 0 aliphatic heterocycles. The molecule has 0 heterocycles. The molecule has 0 saturated heterocycles. The van der Waals surface area contributed by atoms with Crippen LogP contribution in [0.25, 0.3) is 0 Å². The number of anilines is 1. The zero-order valence-corrected chi connectivity index (χ0v) is 12.8. The Hall–Kier alpha value is -0.730. The van der Waals surface area contributed by atoms with Gasteiger partial charge in [0.1, 0.15) is 0 Å². The summed E-state index contributed by atoms with van der Waals surface area (Å²) in [5, 5.41) is 4.25. The van der Waals surface area contributed by atoms with E-state index < -0.39 is 0 Å². The van der Waals surface area contributed by atoms with Crippen LogP contribution in [0.4, 0.5) is 5.69 Å². The van der Waals surface area contributed by atoms with Gasteiger partial charge in [0.25, 0.3) is 0 Å². The highest BCUT2D eigenvalue weighted by Crippen LogP contribution is 2.31. The Kier molecular flexibility index (Phi) is 5.53. The van der Waals surface area contributed by atoms with Crippen LogP contribution in [-0.4, -0.2) is 19.6 Å². The fraction of sp³-hybridized carbons (Fsp3) is 0.625. The average molecular weight is 281 g/mol. The number of hydrogen-bond acceptors (Lipinski definition) is 2. The second kappa shape index (κ2) is 7.16. The van der Waals surface area contributed by atoms with Crippen LogP contribution < -0.4 is 10.2 Å². The smallest absolute Gasteiger partial charge is 0.0426 e. The summed E-state index contributed by atoms with van der Waals surface area (Å²) in [4.78, 5) is 2.49. The Morgan fingerprint density at radius 1 is 1.32 bits per heavy atom. The lowest BCUT2D eigenvalue weighted by molar-refractivity contribution is 0.318. The minimum Gasteiger partial charge on any atom is -0.371 e. The Labute approximate surface area is 122 Å². The van der Waals surface area contributed by atoms with Crippen molar-refractivity contribution < 1.29 is 0 Å². The quantitative estimate of drug-likeness (QED) is 0.810. The van der Waals surface area contributed by atoms with E-state index in [9.17, 15) is 0 Å². The summed E-state index contributed by atoms with van der Waals surface area (Å²) in [5.41, 5.74) is 2.66. The molecule has 1 aliphatic carbocycles. The molecule has 0 bridgehead atoms. The molecule has 2 nitrogen and oxygen atoms in total. The first-order valence-electron chi connectivity index (χ1n) is 7.48. The number of benzene rings is 1. The largest absolute Gasteiger partial charge is 0.371 e. The molecule has 0 atom stereocenters. The number of nitrogens with one attached hydrogen (secondary N) is 1. The lowest BCUT2D eigenvalue weighted by atomic mass is 9.85. The van der Waals surface area contributed by atoms with Gasteiger partial charge in [-0.25, -0.2) is 0 Å². The maximum absolute atomic E-state index is 6.19. The Bertz CT molecular complexity index is 402. The highest BCUT2D eigenvalue weighted by Gasteiger charge is 2.21. The molecule has 0 amide bonds. The van der Waals surface area contributed by atoms with Crippen LogP contribution in [0, 0.1) is 5.92 Å². The first-order valence-corrected chi connectivity index (χ1v) is 7.86. The van der Waals surface area contributed by atoms with Crippen molar-refractivity contribution in [3.05, 3.63) is 28.8 Å². The van der Waals surface area contributed by atoms with Crippen LogP contribution in [0.2, 0.25) is 5.02 Å². The fourth-order valence-electron chi connectivity index (χ4n) is 2.63. The molecule has 0 unspecified atom stereocenters. The third-order valence-corrected chi connectivity index (χ3v) is 4.27. The third-order valence-electron chi connectivity index (χ3n) is 4.04. The molecular weight excluding hydrogens is 256 g/mol. The van der Waals surface area contributed by atoms with Gasteiger partial charge >= 0.3 is 0 Å². The standard InChI is InChI=1S/C16H25ClN2/c1-3-18-11-14-8-9-15(17)10-16(14)19(4-2)12-13-6-5-7-13/h8-10,13,18H,3-7,11-12H2,1-2H3. The van der Waals surface area contributed by atoms with Gasteiger partial charge in [-0.1, -0.05) is 31.0 Å². The molecular formula is C16H25ClN2. The molecule has 1 fully saturated rings. The summed E-state index contributed by atoms with van der Waals surface area (Å²) in [6.07, 6.45) is 4.18. The normalized spacial score (nSPS) is 15.3. The van der Waals surface area contributed by atoms with Crippen molar-refractivity contribution in [3.63, 3.8) is 0 Å². The first-order chi connectivity index (χ1) is 9.24. The number of halogens is 1. The van der Waals surface area contributed by atoms with Gasteiger partial charge in [0, 0.05) is 30.3 Å². The van der Waals surface area contributed by atoms with E-state index in [4.69, 9.17) is 11.6 Å². The second-order valence-electron chi connectivity index (χ2n) is 5.39. The Morgan fingerprint density at radius 3 is 2.68 bits per heavy atom. The van der Waals surface area contributed by atoms with Crippen molar-refractivity contribution in [1.82, 2.24) is 5.32 Å². The van der Waals surface area contributed by atoms with Crippen molar-refractivity contribution in [3.8, 4) is 0 Å². The van der Waals surface area contributed by atoms with Crippen LogP contribution in [0.3, 0.4) is 0 Å². The van der Waals surface area contributed by atoms with E-state index in [1.165, 1.54) is 37.1 Å². The zero-order valence-electron chi connectivity index (χ0n) is 12.1. The van der Waals surface area contributed by atoms with Gasteiger partial charge in [-0.05, 0) is 49.9 Å². The van der Waals surface area contributed by atoms with Crippen LogP contribution in [-0.2, 0) is 6.54 Å². The summed E-state index contributed by atoms with van der Waals surface area (Å²) in [7, 11) is 0. The maximum atomic E-state index is 6.19. The summed E-state index contributed by atoms with van der Waals surface area (Å²) in [5.74, 6) is 0.880. The van der Waals surface area contributed by atoms with Crippen LogP contribution in [0.5, 0.6) is 0 Å². The Morgan fingerprint density at radius 2 is 2.11 bits per heavy atom. The van der Waals surface area contributed by atoms with Crippen LogP contribution in [0.15, 0.2) is 18.2 Å². The molecule has 0 spiro atoms. The van der Waals surface area contributed by atoms with E-state index in [0.29, 0.717) is 0 Å². The van der Waals surface area contributed by atoms with E-state index in [0.717, 1.165) is 30.6 Å². The van der Waals surface area contributed by atoms with Crippen LogP contribution in [0.1, 0.15) is 38.7 Å². The molecule has 0 radical (unpaired) electrons. The van der Waals surface area contributed by atoms with E-state index >= 15 is 0 Å². The number of hydrogen-bond donors (Lipinski definition) is 1. The minimum atomic E-state index is 0.835. The molecule has 1 aromatic carbocycles. The van der Waals surface area contributed by atoms with E-state index in [1.807, 2.05) is 6.07 Å². The van der Waals surface area contributed by atoms with E-state index in [2.05, 4.69) is 36.2 Å². The van der Waals surface area contributed by atoms with Crippen LogP contribution >= 0.6 is 11.6 Å². The summed E-state index contributed by atoms with van der Waals surface area (Å²) in [6.45, 7) is 8.52. The highest BCUT2D eigenvalue weighted by atomic mass is 35.5. The number of nitrogens with zero attached hydrogens (tertiary/aromatic N) is 1. The van der Waals surface area contributed by atoms with Gasteiger partial charge in [-0.3, -0.25) is 0 Å². The van der Waals surface area contributed by atoms with Gasteiger partial charge in [0.2, 0.25) is 0 Å². The highest BCUT2D eigenvalue weighted by molar-refractivity contribution is 6.30. The number of rotatable bonds is 7. The predicted octanol–water partition coefficient (Wildman–Crippen LogP) is 4.08. The van der Waals surface area contributed by atoms with Crippen molar-refractivity contribution >= 4 is 17.3 Å². The maximum Gasteiger partial charge on any atom is 0.0426 e. The molecule has 1 aromatic rings. The lowest BCUT2D eigenvalue weighted by Gasteiger charge is -2.34.